The Morgan fingerprint density at radius 3 is 1.73 bits per heavy atom. The summed E-state index contributed by atoms with van der Waals surface area (Å²) in [4.78, 5) is 24.0. The van der Waals surface area contributed by atoms with Gasteiger partial charge in [0.25, 0.3) is 0 Å². The number of ether oxygens (including phenoxy) is 3. The van der Waals surface area contributed by atoms with Gasteiger partial charge in [-0.15, -0.1) is 0 Å². The molecule has 1 aromatic carbocycles. The van der Waals surface area contributed by atoms with Crippen LogP contribution in [0.25, 0.3) is 0 Å². The fraction of sp³-hybridized carbons (Fsp3) is 0.684. The van der Waals surface area contributed by atoms with Crippen LogP contribution in [0.4, 0.5) is 0 Å². The van der Waals surface area contributed by atoms with Gasteiger partial charge in [0.1, 0.15) is 5.75 Å². The van der Waals surface area contributed by atoms with Crippen LogP contribution < -0.4 is 4.74 Å². The minimum atomic E-state index is -0.634. The second-order valence-electron chi connectivity index (χ2n) is 13.9. The van der Waals surface area contributed by atoms with E-state index in [1.54, 1.807) is 13.8 Å². The van der Waals surface area contributed by atoms with E-state index < -0.39 is 5.41 Å². The van der Waals surface area contributed by atoms with E-state index in [0.29, 0.717) is 69.0 Å². The molecule has 7 nitrogen and oxygen atoms in total. The van der Waals surface area contributed by atoms with Gasteiger partial charge in [-0.2, -0.15) is 0 Å². The molecule has 0 bridgehead atoms. The highest BCUT2D eigenvalue weighted by molar-refractivity contribution is 5.87. The monoisotopic (exact) mass is 626 g/mol. The number of rotatable bonds is 18. The largest absolute Gasteiger partial charge is 0.493 e. The Bertz CT molecular complexity index is 1070. The molecule has 2 aliphatic rings. The molecule has 2 N–H and O–H groups in total. The first kappa shape index (κ1) is 36.8. The molecule has 0 spiro atoms. The third kappa shape index (κ3) is 11.6. The Kier molecular flexibility index (Phi) is 15.1. The van der Waals surface area contributed by atoms with Crippen LogP contribution in [0.1, 0.15) is 120 Å². The summed E-state index contributed by atoms with van der Waals surface area (Å²) in [5, 5.41) is 19.6. The van der Waals surface area contributed by atoms with Crippen molar-refractivity contribution in [3.05, 3.63) is 53.1 Å². The maximum absolute atomic E-state index is 12.0. The summed E-state index contributed by atoms with van der Waals surface area (Å²) in [6.45, 7) is 13.2. The number of aliphatic hydroxyl groups excluding tert-OH is 2. The molecule has 2 saturated carbocycles. The smallest absolute Gasteiger partial charge is 0.333 e. The van der Waals surface area contributed by atoms with Crippen molar-refractivity contribution in [2.45, 2.75) is 117 Å². The third-order valence-corrected chi connectivity index (χ3v) is 9.88. The molecule has 3 rings (SSSR count). The molecule has 0 unspecified atom stereocenters. The molecule has 0 aliphatic heterocycles. The number of esters is 2. The van der Waals surface area contributed by atoms with E-state index in [2.05, 4.69) is 25.3 Å². The van der Waals surface area contributed by atoms with Crippen LogP contribution in [0, 0.1) is 17.3 Å². The van der Waals surface area contributed by atoms with E-state index in [1.807, 2.05) is 6.92 Å². The first-order chi connectivity index (χ1) is 21.6. The average Bonchev–Trinajstić information content (AvgIpc) is 3.05. The Hall–Kier alpha value is -2.64. The second kappa shape index (κ2) is 18.5. The fourth-order valence-corrected chi connectivity index (χ4v) is 6.81. The maximum atomic E-state index is 12.0. The molecule has 7 heteroatoms. The van der Waals surface area contributed by atoms with Crippen molar-refractivity contribution in [1.29, 1.82) is 0 Å². The summed E-state index contributed by atoms with van der Waals surface area (Å²) in [7, 11) is 0. The maximum Gasteiger partial charge on any atom is 0.333 e. The quantitative estimate of drug-likeness (QED) is 0.0994. The molecule has 1 aromatic rings. The van der Waals surface area contributed by atoms with E-state index in [9.17, 15) is 19.8 Å². The van der Waals surface area contributed by atoms with E-state index >= 15 is 0 Å². The molecule has 252 valence electrons. The van der Waals surface area contributed by atoms with E-state index in [0.717, 1.165) is 28.7 Å². The van der Waals surface area contributed by atoms with E-state index in [1.165, 1.54) is 63.4 Å². The van der Waals surface area contributed by atoms with Gasteiger partial charge in [-0.05, 0) is 106 Å². The van der Waals surface area contributed by atoms with Gasteiger partial charge < -0.3 is 24.4 Å². The van der Waals surface area contributed by atoms with Crippen molar-refractivity contribution in [2.75, 3.05) is 33.0 Å². The first-order valence-corrected chi connectivity index (χ1v) is 17.2. The molecule has 2 aliphatic carbocycles. The predicted octanol–water partition coefficient (Wildman–Crippen LogP) is 7.40. The number of aryl methyl sites for hydroxylation is 2. The average molecular weight is 627 g/mol. The molecule has 0 atom stereocenters. The Morgan fingerprint density at radius 1 is 0.778 bits per heavy atom. The lowest BCUT2D eigenvalue weighted by molar-refractivity contribution is -0.139. The number of benzene rings is 1. The number of hydrogen-bond acceptors (Lipinski definition) is 7. The van der Waals surface area contributed by atoms with E-state index in [4.69, 9.17) is 14.2 Å². The molecule has 0 amide bonds. The minimum Gasteiger partial charge on any atom is -0.493 e. The van der Waals surface area contributed by atoms with Crippen molar-refractivity contribution in [3.8, 4) is 5.75 Å². The van der Waals surface area contributed by atoms with Crippen LogP contribution in [0.5, 0.6) is 5.75 Å². The van der Waals surface area contributed by atoms with Gasteiger partial charge in [-0.25, -0.2) is 9.59 Å². The lowest BCUT2D eigenvalue weighted by atomic mass is 9.69. The standard InChI is InChI=1S/C38H58O7/c1-27(2)36(41)44-20-9-13-32-23-34(31-17-15-30(16-18-31)29-11-7-6-8-12-29)24-33(14-10-21-45-37(42)28(3)4)35(32)43-22-19-38(5,25-39)26-40/h23-24,29-31,39-40H,1,3,6-22,25-26H2,2,4-5H3. The summed E-state index contributed by atoms with van der Waals surface area (Å²) in [6.07, 6.45) is 15.1. The van der Waals surface area contributed by atoms with Crippen LogP contribution in [-0.4, -0.2) is 55.2 Å². The fourth-order valence-electron chi connectivity index (χ4n) is 6.81. The number of carbonyl (C=O) groups excluding carboxylic acids is 2. The van der Waals surface area contributed by atoms with Crippen molar-refractivity contribution < 1.29 is 34.0 Å². The Labute approximate surface area is 271 Å². The predicted molar refractivity (Wildman–Crippen MR) is 178 cm³/mol. The molecule has 0 radical (unpaired) electrons. The molecule has 45 heavy (non-hydrogen) atoms. The van der Waals surface area contributed by atoms with Gasteiger partial charge in [-0.3, -0.25) is 0 Å². The Morgan fingerprint density at radius 2 is 1.27 bits per heavy atom. The van der Waals surface area contributed by atoms with Gasteiger partial charge in [0.2, 0.25) is 0 Å². The number of hydrogen-bond donors (Lipinski definition) is 2. The molecule has 0 heterocycles. The summed E-state index contributed by atoms with van der Waals surface area (Å²) in [5.41, 5.74) is 3.63. The van der Waals surface area contributed by atoms with Crippen LogP contribution in [0.2, 0.25) is 0 Å². The highest BCUT2D eigenvalue weighted by Crippen LogP contribution is 2.44. The van der Waals surface area contributed by atoms with Gasteiger partial charge >= 0.3 is 11.9 Å². The highest BCUT2D eigenvalue weighted by atomic mass is 16.5. The van der Waals surface area contributed by atoms with Gasteiger partial charge in [0, 0.05) is 16.6 Å². The van der Waals surface area contributed by atoms with E-state index in [-0.39, 0.29) is 25.2 Å². The van der Waals surface area contributed by atoms with Crippen molar-refractivity contribution >= 4 is 11.9 Å². The zero-order valence-corrected chi connectivity index (χ0v) is 28.2. The van der Waals surface area contributed by atoms with Gasteiger partial charge in [0.05, 0.1) is 33.0 Å². The molecule has 2 fully saturated rings. The summed E-state index contributed by atoms with van der Waals surface area (Å²) in [6, 6.07) is 4.59. The minimum absolute atomic E-state index is 0.128. The SMILES string of the molecule is C=C(C)C(=O)OCCCc1cc(C2CCC(C3CCCCC3)CC2)cc(CCCOC(=O)C(=C)C)c1OCCC(C)(CO)CO. The second-order valence-corrected chi connectivity index (χ2v) is 13.9. The topological polar surface area (TPSA) is 102 Å². The Balaban J connectivity index is 1.83. The van der Waals surface area contributed by atoms with Crippen molar-refractivity contribution in [1.82, 2.24) is 0 Å². The third-order valence-electron chi connectivity index (χ3n) is 9.88. The van der Waals surface area contributed by atoms with Crippen LogP contribution in [0.3, 0.4) is 0 Å². The number of carbonyl (C=O) groups is 2. The highest BCUT2D eigenvalue weighted by Gasteiger charge is 2.30. The lowest BCUT2D eigenvalue weighted by Crippen LogP contribution is -2.28. The molecule has 0 aromatic heterocycles. The first-order valence-electron chi connectivity index (χ1n) is 17.2. The van der Waals surface area contributed by atoms with Gasteiger partial charge in [-0.1, -0.05) is 64.3 Å². The normalized spacial score (nSPS) is 19.1. The zero-order valence-electron chi connectivity index (χ0n) is 28.2. The lowest BCUT2D eigenvalue weighted by Gasteiger charge is -2.36. The zero-order chi connectivity index (χ0) is 32.8. The summed E-state index contributed by atoms with van der Waals surface area (Å²) >= 11 is 0. The van der Waals surface area contributed by atoms with Crippen LogP contribution >= 0.6 is 0 Å². The molecule has 0 saturated heterocycles. The molecular weight excluding hydrogens is 568 g/mol. The van der Waals surface area contributed by atoms with Crippen molar-refractivity contribution in [3.63, 3.8) is 0 Å². The van der Waals surface area contributed by atoms with Gasteiger partial charge in [0.15, 0.2) is 0 Å². The summed E-state index contributed by atoms with van der Waals surface area (Å²) < 4.78 is 17.3. The van der Waals surface area contributed by atoms with Crippen LogP contribution in [-0.2, 0) is 31.9 Å². The number of aliphatic hydroxyl groups is 2. The van der Waals surface area contributed by atoms with Crippen LogP contribution in [0.15, 0.2) is 36.4 Å². The molecular formula is C38H58O7. The summed E-state index contributed by atoms with van der Waals surface area (Å²) in [5.74, 6) is 2.28. The van der Waals surface area contributed by atoms with Crippen molar-refractivity contribution in [2.24, 2.45) is 17.3 Å².